The Balaban J connectivity index is 1.93. The van der Waals surface area contributed by atoms with Gasteiger partial charge in [0, 0.05) is 35.7 Å². The molecule has 3 aromatic rings. The molecule has 3 nitrogen and oxygen atoms in total. The van der Waals surface area contributed by atoms with Gasteiger partial charge in [0.2, 0.25) is 0 Å². The standard InChI is InChI=1S/C21H26N2O/c1-16-8-4-5-9-17(16)13-23-14-18(12-22-21(2,3)15-24)19-10-6-7-11-20(19)23/h4-11,14,22,24H,12-13,15H2,1-3H3. The highest BCUT2D eigenvalue weighted by atomic mass is 16.3. The lowest BCUT2D eigenvalue weighted by molar-refractivity contribution is 0.187. The number of aliphatic hydroxyl groups excluding tert-OH is 1. The van der Waals surface area contributed by atoms with E-state index in [1.807, 2.05) is 13.8 Å². The maximum atomic E-state index is 9.45. The Morgan fingerprint density at radius 2 is 1.71 bits per heavy atom. The Morgan fingerprint density at radius 3 is 2.46 bits per heavy atom. The Kier molecular flexibility index (Phi) is 4.74. The normalized spacial score (nSPS) is 12.0. The minimum absolute atomic E-state index is 0.120. The zero-order valence-electron chi connectivity index (χ0n) is 14.7. The third-order valence-corrected chi connectivity index (χ3v) is 4.63. The number of para-hydroxylation sites is 1. The fraction of sp³-hybridized carbons (Fsp3) is 0.333. The first-order valence-corrected chi connectivity index (χ1v) is 8.47. The summed E-state index contributed by atoms with van der Waals surface area (Å²) >= 11 is 0. The molecule has 3 rings (SSSR count). The molecular weight excluding hydrogens is 296 g/mol. The second-order valence-electron chi connectivity index (χ2n) is 7.12. The summed E-state index contributed by atoms with van der Waals surface area (Å²) in [5.41, 5.74) is 4.89. The molecule has 0 bridgehead atoms. The van der Waals surface area contributed by atoms with Crippen LogP contribution in [0.15, 0.2) is 54.7 Å². The van der Waals surface area contributed by atoms with E-state index in [1.165, 1.54) is 27.6 Å². The van der Waals surface area contributed by atoms with Gasteiger partial charge in [0.25, 0.3) is 0 Å². The summed E-state index contributed by atoms with van der Waals surface area (Å²) < 4.78 is 2.32. The van der Waals surface area contributed by atoms with Gasteiger partial charge in [0.15, 0.2) is 0 Å². The van der Waals surface area contributed by atoms with Crippen LogP contribution in [0, 0.1) is 6.92 Å². The highest BCUT2D eigenvalue weighted by Crippen LogP contribution is 2.23. The van der Waals surface area contributed by atoms with E-state index >= 15 is 0 Å². The maximum absolute atomic E-state index is 9.45. The van der Waals surface area contributed by atoms with Gasteiger partial charge in [0.1, 0.15) is 0 Å². The minimum Gasteiger partial charge on any atom is -0.394 e. The smallest absolute Gasteiger partial charge is 0.0607 e. The average Bonchev–Trinajstić information content (AvgIpc) is 2.93. The zero-order valence-corrected chi connectivity index (χ0v) is 14.7. The SMILES string of the molecule is Cc1ccccc1Cn1cc(CNC(C)(C)CO)c2ccccc21. The lowest BCUT2D eigenvalue weighted by Gasteiger charge is -2.23. The number of aliphatic hydroxyl groups is 1. The molecule has 0 saturated heterocycles. The Bertz CT molecular complexity index is 833. The highest BCUT2D eigenvalue weighted by Gasteiger charge is 2.17. The monoisotopic (exact) mass is 322 g/mol. The summed E-state index contributed by atoms with van der Waals surface area (Å²) in [5, 5.41) is 14.2. The molecule has 0 spiro atoms. The molecule has 0 aliphatic carbocycles. The van der Waals surface area contributed by atoms with Crippen molar-refractivity contribution in [2.24, 2.45) is 0 Å². The van der Waals surface area contributed by atoms with Crippen molar-refractivity contribution in [3.05, 3.63) is 71.4 Å². The molecule has 24 heavy (non-hydrogen) atoms. The average molecular weight is 322 g/mol. The van der Waals surface area contributed by atoms with Gasteiger partial charge in [-0.2, -0.15) is 0 Å². The summed E-state index contributed by atoms with van der Waals surface area (Å²) in [4.78, 5) is 0. The first-order valence-electron chi connectivity index (χ1n) is 8.47. The third kappa shape index (κ3) is 3.53. The van der Waals surface area contributed by atoms with Crippen molar-refractivity contribution < 1.29 is 5.11 Å². The highest BCUT2D eigenvalue weighted by molar-refractivity contribution is 5.84. The number of aromatic nitrogens is 1. The summed E-state index contributed by atoms with van der Waals surface area (Å²) in [6.07, 6.45) is 2.23. The molecule has 0 aliphatic rings. The van der Waals surface area contributed by atoms with Gasteiger partial charge in [-0.1, -0.05) is 42.5 Å². The molecule has 0 fully saturated rings. The van der Waals surface area contributed by atoms with Crippen LogP contribution in [0.3, 0.4) is 0 Å². The number of nitrogens with zero attached hydrogens (tertiary/aromatic N) is 1. The molecule has 0 amide bonds. The predicted octanol–water partition coefficient (Wildman–Crippen LogP) is 3.86. The molecule has 2 N–H and O–H groups in total. The molecule has 0 aliphatic heterocycles. The van der Waals surface area contributed by atoms with Crippen LogP contribution in [0.25, 0.3) is 10.9 Å². The number of aryl methyl sites for hydroxylation is 1. The molecule has 3 heteroatoms. The Labute approximate surface area is 143 Å². The number of rotatable bonds is 6. The maximum Gasteiger partial charge on any atom is 0.0607 e. The molecule has 1 aromatic heterocycles. The molecule has 1 heterocycles. The second-order valence-corrected chi connectivity index (χ2v) is 7.12. The largest absolute Gasteiger partial charge is 0.394 e. The van der Waals surface area contributed by atoms with Crippen molar-refractivity contribution in [3.8, 4) is 0 Å². The van der Waals surface area contributed by atoms with E-state index in [1.54, 1.807) is 0 Å². The lowest BCUT2D eigenvalue weighted by atomic mass is 10.1. The molecule has 0 atom stereocenters. The number of hydrogen-bond donors (Lipinski definition) is 2. The number of fused-ring (bicyclic) bond motifs is 1. The van der Waals surface area contributed by atoms with Crippen molar-refractivity contribution in [3.63, 3.8) is 0 Å². The number of nitrogens with one attached hydrogen (secondary N) is 1. The Hall–Kier alpha value is -2.10. The molecule has 0 radical (unpaired) electrons. The van der Waals surface area contributed by atoms with Crippen molar-refractivity contribution >= 4 is 10.9 Å². The van der Waals surface area contributed by atoms with E-state index in [-0.39, 0.29) is 12.1 Å². The number of benzene rings is 2. The van der Waals surface area contributed by atoms with Gasteiger partial charge < -0.3 is 15.0 Å². The fourth-order valence-electron chi connectivity index (χ4n) is 2.96. The topological polar surface area (TPSA) is 37.2 Å². The van der Waals surface area contributed by atoms with Gasteiger partial charge in [-0.05, 0) is 43.5 Å². The molecule has 2 aromatic carbocycles. The quantitative estimate of drug-likeness (QED) is 0.723. The van der Waals surface area contributed by atoms with E-state index < -0.39 is 0 Å². The second kappa shape index (κ2) is 6.80. The van der Waals surface area contributed by atoms with E-state index in [0.717, 1.165) is 13.1 Å². The first-order chi connectivity index (χ1) is 11.5. The van der Waals surface area contributed by atoms with Gasteiger partial charge in [0.05, 0.1) is 6.61 Å². The van der Waals surface area contributed by atoms with Crippen LogP contribution in [0.4, 0.5) is 0 Å². The zero-order chi connectivity index (χ0) is 17.2. The lowest BCUT2D eigenvalue weighted by Crippen LogP contribution is -2.42. The van der Waals surface area contributed by atoms with Crippen LogP contribution in [0.1, 0.15) is 30.5 Å². The molecule has 126 valence electrons. The van der Waals surface area contributed by atoms with E-state index in [0.29, 0.717) is 0 Å². The van der Waals surface area contributed by atoms with Gasteiger partial charge in [-0.3, -0.25) is 0 Å². The van der Waals surface area contributed by atoms with Crippen LogP contribution in [0.5, 0.6) is 0 Å². The van der Waals surface area contributed by atoms with Crippen LogP contribution in [-0.4, -0.2) is 21.8 Å². The fourth-order valence-corrected chi connectivity index (χ4v) is 2.96. The summed E-state index contributed by atoms with van der Waals surface area (Å²) in [6, 6.07) is 17.1. The van der Waals surface area contributed by atoms with Crippen molar-refractivity contribution in [2.75, 3.05) is 6.61 Å². The van der Waals surface area contributed by atoms with Crippen molar-refractivity contribution in [2.45, 2.75) is 39.4 Å². The Morgan fingerprint density at radius 1 is 1.00 bits per heavy atom. The van der Waals surface area contributed by atoms with Crippen LogP contribution in [0.2, 0.25) is 0 Å². The molecule has 0 unspecified atom stereocenters. The summed E-state index contributed by atoms with van der Waals surface area (Å²) in [6.45, 7) is 7.92. The van der Waals surface area contributed by atoms with Gasteiger partial charge in [-0.25, -0.2) is 0 Å². The number of hydrogen-bond acceptors (Lipinski definition) is 2. The van der Waals surface area contributed by atoms with E-state index in [2.05, 4.69) is 71.5 Å². The first kappa shape index (κ1) is 16.7. The molecule has 0 saturated carbocycles. The van der Waals surface area contributed by atoms with Crippen molar-refractivity contribution in [1.29, 1.82) is 0 Å². The van der Waals surface area contributed by atoms with Crippen LogP contribution < -0.4 is 5.32 Å². The summed E-state index contributed by atoms with van der Waals surface area (Å²) in [5.74, 6) is 0. The van der Waals surface area contributed by atoms with Gasteiger partial charge in [-0.15, -0.1) is 0 Å². The van der Waals surface area contributed by atoms with Crippen LogP contribution in [-0.2, 0) is 13.1 Å². The summed E-state index contributed by atoms with van der Waals surface area (Å²) in [7, 11) is 0. The van der Waals surface area contributed by atoms with E-state index in [4.69, 9.17) is 0 Å². The van der Waals surface area contributed by atoms with Crippen LogP contribution >= 0.6 is 0 Å². The van der Waals surface area contributed by atoms with Gasteiger partial charge >= 0.3 is 0 Å². The third-order valence-electron chi connectivity index (χ3n) is 4.63. The predicted molar refractivity (Wildman–Crippen MR) is 100 cm³/mol. The van der Waals surface area contributed by atoms with E-state index in [9.17, 15) is 5.11 Å². The molecular formula is C21H26N2O. The van der Waals surface area contributed by atoms with Crippen molar-refractivity contribution in [1.82, 2.24) is 9.88 Å². The minimum atomic E-state index is -0.279.